The average Bonchev–Trinajstić information content (AvgIpc) is 2.64. The number of anilines is 1. The molecule has 4 nitrogen and oxygen atoms in total. The molecule has 1 aromatic carbocycles. The van der Waals surface area contributed by atoms with Gasteiger partial charge in [-0.25, -0.2) is 0 Å². The second kappa shape index (κ2) is 7.08. The van der Waals surface area contributed by atoms with Crippen LogP contribution in [0.1, 0.15) is 61.5 Å². The third-order valence-corrected chi connectivity index (χ3v) is 7.12. The molecule has 152 valence electrons. The van der Waals surface area contributed by atoms with E-state index < -0.39 is 0 Å². The molecule has 2 bridgehead atoms. The van der Waals surface area contributed by atoms with E-state index in [1.807, 2.05) is 46.0 Å². The number of carbonyl (C=O) groups excluding carboxylic acids is 2. The van der Waals surface area contributed by atoms with Crippen LogP contribution in [0.4, 0.5) is 5.69 Å². The molecule has 5 rings (SSSR count). The fourth-order valence-corrected chi connectivity index (χ4v) is 5.30. The van der Waals surface area contributed by atoms with Gasteiger partial charge in [-0.15, -0.1) is 0 Å². The number of amides is 1. The molecule has 3 aliphatic rings. The predicted octanol–water partition coefficient (Wildman–Crippen LogP) is 4.69. The van der Waals surface area contributed by atoms with Crippen LogP contribution in [0.5, 0.6) is 0 Å². The van der Waals surface area contributed by atoms with Gasteiger partial charge in [0.05, 0.1) is 0 Å². The van der Waals surface area contributed by atoms with Crippen molar-refractivity contribution in [2.75, 3.05) is 11.9 Å². The van der Waals surface area contributed by atoms with Crippen molar-refractivity contribution < 1.29 is 9.59 Å². The second-order valence-corrected chi connectivity index (χ2v) is 9.06. The summed E-state index contributed by atoms with van der Waals surface area (Å²) in [6, 6.07) is 12.5. The first-order valence-corrected chi connectivity index (χ1v) is 10.6. The van der Waals surface area contributed by atoms with Gasteiger partial charge < -0.3 is 4.90 Å². The minimum atomic E-state index is -0.0837. The number of benzene rings is 1. The van der Waals surface area contributed by atoms with Crippen LogP contribution < -0.4 is 4.90 Å². The first-order valence-electron chi connectivity index (χ1n) is 10.6. The van der Waals surface area contributed by atoms with Crippen LogP contribution in [-0.2, 0) is 21.4 Å². The number of carbonyl (C=O) groups is 2. The minimum absolute atomic E-state index is 0.0837. The lowest BCUT2D eigenvalue weighted by Crippen LogP contribution is -2.67. The van der Waals surface area contributed by atoms with Crippen molar-refractivity contribution in [3.63, 3.8) is 0 Å². The van der Waals surface area contributed by atoms with E-state index in [2.05, 4.69) is 23.2 Å². The normalized spacial score (nSPS) is 24.4. The summed E-state index contributed by atoms with van der Waals surface area (Å²) in [5, 5.41) is 0. The van der Waals surface area contributed by atoms with Crippen molar-refractivity contribution in [3.8, 4) is 0 Å². The number of nitrogens with zero attached hydrogens (tertiary/aromatic N) is 2. The quantitative estimate of drug-likeness (QED) is 0.689. The fourth-order valence-electron chi connectivity index (χ4n) is 5.30. The summed E-state index contributed by atoms with van der Waals surface area (Å²) in [7, 11) is 1.82. The zero-order chi connectivity index (χ0) is 20.8. The van der Waals surface area contributed by atoms with E-state index in [0.717, 1.165) is 42.8 Å². The van der Waals surface area contributed by atoms with Gasteiger partial charge >= 0.3 is 0 Å². The number of pyridine rings is 1. The number of hydrogen-bond acceptors (Lipinski definition) is 3. The number of aryl methyl sites for hydroxylation is 3. The summed E-state index contributed by atoms with van der Waals surface area (Å²) in [4.78, 5) is 31.0. The topological polar surface area (TPSA) is 50.3 Å². The van der Waals surface area contributed by atoms with Gasteiger partial charge in [-0.2, -0.15) is 0 Å². The standard InChI is InChI=1S/C25H30N2O2/c1-5-23(29)27(4)21-11-9-20(10-12-21)24-14-25(15-24,16-24)22(28)13-8-19-7-6-17(2)26-18(19)3/h6-7,9-12H,5,8,13-16H2,1-4H3. The van der Waals surface area contributed by atoms with Gasteiger partial charge in [0.2, 0.25) is 5.91 Å². The smallest absolute Gasteiger partial charge is 0.226 e. The monoisotopic (exact) mass is 390 g/mol. The van der Waals surface area contributed by atoms with Gasteiger partial charge in [0.15, 0.2) is 0 Å². The number of ketones is 1. The van der Waals surface area contributed by atoms with Gasteiger partial charge in [0.1, 0.15) is 5.78 Å². The maximum atomic E-state index is 12.9. The molecular formula is C25H30N2O2. The first-order chi connectivity index (χ1) is 13.8. The van der Waals surface area contributed by atoms with Crippen molar-refractivity contribution in [3.05, 3.63) is 58.9 Å². The molecule has 0 N–H and O–H groups in total. The molecule has 4 heteroatoms. The van der Waals surface area contributed by atoms with E-state index in [1.165, 1.54) is 11.1 Å². The molecule has 0 saturated heterocycles. The van der Waals surface area contributed by atoms with Gasteiger partial charge in [-0.05, 0) is 74.3 Å². The van der Waals surface area contributed by atoms with Crippen molar-refractivity contribution in [1.29, 1.82) is 0 Å². The molecular weight excluding hydrogens is 360 g/mol. The number of aromatic nitrogens is 1. The largest absolute Gasteiger partial charge is 0.316 e. The van der Waals surface area contributed by atoms with Crippen LogP contribution in [0.3, 0.4) is 0 Å². The van der Waals surface area contributed by atoms with Crippen LogP contribution in [-0.4, -0.2) is 23.7 Å². The molecule has 3 aliphatic carbocycles. The van der Waals surface area contributed by atoms with Crippen molar-refractivity contribution in [1.82, 2.24) is 4.98 Å². The van der Waals surface area contributed by atoms with E-state index in [9.17, 15) is 9.59 Å². The lowest BCUT2D eigenvalue weighted by Gasteiger charge is -2.70. The Morgan fingerprint density at radius 3 is 2.28 bits per heavy atom. The SMILES string of the molecule is CCC(=O)N(C)c1ccc(C23CC(C(=O)CCc4ccc(C)nc4C)(C2)C3)cc1. The summed E-state index contributed by atoms with van der Waals surface area (Å²) in [6.07, 6.45) is 4.85. The first kappa shape index (κ1) is 19.8. The number of hydrogen-bond donors (Lipinski definition) is 0. The predicted molar refractivity (Wildman–Crippen MR) is 115 cm³/mol. The van der Waals surface area contributed by atoms with Gasteiger partial charge in [-0.3, -0.25) is 14.6 Å². The highest BCUT2D eigenvalue weighted by Crippen LogP contribution is 2.74. The maximum absolute atomic E-state index is 12.9. The Bertz CT molecular complexity index is 942. The Labute approximate surface area is 173 Å². The van der Waals surface area contributed by atoms with Gasteiger partial charge in [0, 0.05) is 42.4 Å². The highest BCUT2D eigenvalue weighted by atomic mass is 16.2. The lowest BCUT2D eigenvalue weighted by molar-refractivity contribution is -0.173. The third-order valence-electron chi connectivity index (χ3n) is 7.12. The maximum Gasteiger partial charge on any atom is 0.226 e. The Kier molecular flexibility index (Phi) is 4.84. The molecule has 29 heavy (non-hydrogen) atoms. The number of Topliss-reactive ketones (excluding diaryl/α,β-unsaturated/α-hetero) is 1. The fraction of sp³-hybridized carbons (Fsp3) is 0.480. The lowest BCUT2D eigenvalue weighted by atomic mass is 9.32. The molecule has 0 radical (unpaired) electrons. The molecule has 2 aromatic rings. The van der Waals surface area contributed by atoms with Crippen LogP contribution in [0, 0.1) is 19.3 Å². The number of rotatable bonds is 7. The van der Waals surface area contributed by atoms with E-state index >= 15 is 0 Å². The summed E-state index contributed by atoms with van der Waals surface area (Å²) in [5.41, 5.74) is 5.59. The molecule has 0 atom stereocenters. The molecule has 3 fully saturated rings. The van der Waals surface area contributed by atoms with Crippen molar-refractivity contribution in [2.45, 2.75) is 64.7 Å². The second-order valence-electron chi connectivity index (χ2n) is 9.06. The zero-order valence-electron chi connectivity index (χ0n) is 17.9. The molecule has 1 heterocycles. The van der Waals surface area contributed by atoms with E-state index in [-0.39, 0.29) is 16.7 Å². The Morgan fingerprint density at radius 1 is 1.03 bits per heavy atom. The Hall–Kier alpha value is -2.49. The highest BCUT2D eigenvalue weighted by Gasteiger charge is 2.70. The Morgan fingerprint density at radius 2 is 1.69 bits per heavy atom. The van der Waals surface area contributed by atoms with Crippen LogP contribution in [0.25, 0.3) is 0 Å². The van der Waals surface area contributed by atoms with Crippen LogP contribution in [0.2, 0.25) is 0 Å². The van der Waals surface area contributed by atoms with Crippen molar-refractivity contribution in [2.24, 2.45) is 5.41 Å². The van der Waals surface area contributed by atoms with Crippen LogP contribution >= 0.6 is 0 Å². The molecule has 0 unspecified atom stereocenters. The third kappa shape index (κ3) is 3.29. The van der Waals surface area contributed by atoms with E-state index in [4.69, 9.17) is 0 Å². The summed E-state index contributed by atoms with van der Waals surface area (Å²) in [5.74, 6) is 0.538. The zero-order valence-corrected chi connectivity index (χ0v) is 17.9. The summed E-state index contributed by atoms with van der Waals surface area (Å²) >= 11 is 0. The molecule has 0 aliphatic heterocycles. The van der Waals surface area contributed by atoms with Gasteiger partial charge in [-0.1, -0.05) is 25.1 Å². The van der Waals surface area contributed by atoms with E-state index in [1.54, 1.807) is 4.90 Å². The minimum Gasteiger partial charge on any atom is -0.316 e. The molecule has 1 aromatic heterocycles. The van der Waals surface area contributed by atoms with Gasteiger partial charge in [0.25, 0.3) is 0 Å². The Balaban J connectivity index is 1.35. The molecule has 0 spiro atoms. The average molecular weight is 391 g/mol. The van der Waals surface area contributed by atoms with E-state index in [0.29, 0.717) is 18.6 Å². The van der Waals surface area contributed by atoms with Crippen molar-refractivity contribution >= 4 is 17.4 Å². The summed E-state index contributed by atoms with van der Waals surface area (Å²) < 4.78 is 0. The summed E-state index contributed by atoms with van der Waals surface area (Å²) in [6.45, 7) is 5.90. The van der Waals surface area contributed by atoms with Crippen LogP contribution in [0.15, 0.2) is 36.4 Å². The highest BCUT2D eigenvalue weighted by molar-refractivity contribution is 5.92. The molecule has 1 amide bonds. The molecule has 3 saturated carbocycles.